The summed E-state index contributed by atoms with van der Waals surface area (Å²) in [5.74, 6) is -0.570. The number of carbonyl (C=O) groups is 4. The molecule has 0 bridgehead atoms. The molecule has 0 saturated heterocycles. The largest absolute Gasteiger partial charge is 0.444 e. The predicted molar refractivity (Wildman–Crippen MR) is 142 cm³/mol. The van der Waals surface area contributed by atoms with Crippen LogP contribution in [-0.2, 0) is 19.1 Å². The second-order valence-electron chi connectivity index (χ2n) is 12.1. The maximum absolute atomic E-state index is 12.9. The number of hydrogen-bond acceptors (Lipinski definition) is 7. The molecule has 0 aromatic rings. The Morgan fingerprint density at radius 1 is 0.703 bits per heavy atom. The molecule has 0 spiro atoms. The average Bonchev–Trinajstić information content (AvgIpc) is 2.68. The molecule has 0 aliphatic heterocycles. The summed E-state index contributed by atoms with van der Waals surface area (Å²) < 4.78 is 10.5. The summed E-state index contributed by atoms with van der Waals surface area (Å²) in [5.41, 5.74) is -1.40. The zero-order valence-corrected chi connectivity index (χ0v) is 24.3. The van der Waals surface area contributed by atoms with Crippen LogP contribution < -0.4 is 21.3 Å². The van der Waals surface area contributed by atoms with Crippen molar-refractivity contribution in [2.24, 2.45) is 11.8 Å². The third-order valence-electron chi connectivity index (χ3n) is 4.79. The maximum Gasteiger partial charge on any atom is 0.408 e. The van der Waals surface area contributed by atoms with Gasteiger partial charge in [0.15, 0.2) is 0 Å². The topological polar surface area (TPSA) is 155 Å². The minimum Gasteiger partial charge on any atom is -0.444 e. The minimum absolute atomic E-state index is 0.118. The SMILES string of the molecule is CC(C)C[C@H](NC(=O)OC(C)(C)C)C(=O)NCCC(CO)NC(=O)[C@H](CC(C)C)NC(=O)OC(C)(C)C. The summed E-state index contributed by atoms with van der Waals surface area (Å²) in [6.07, 6.45) is -0.335. The van der Waals surface area contributed by atoms with Gasteiger partial charge in [0.25, 0.3) is 0 Å². The van der Waals surface area contributed by atoms with E-state index in [1.54, 1.807) is 41.5 Å². The van der Waals surface area contributed by atoms with E-state index in [1.165, 1.54) is 0 Å². The van der Waals surface area contributed by atoms with E-state index >= 15 is 0 Å². The Bertz CT molecular complexity index is 742. The standard InChI is InChI=1S/C26H50N4O7/c1-16(2)13-19(29-23(34)36-25(5,6)7)21(32)27-12-11-18(15-31)28-22(33)20(14-17(3)4)30-24(35)37-26(8,9)10/h16-20,31H,11-15H2,1-10H3,(H,27,32)(H,28,33)(H,29,34)(H,30,35)/t18?,19-,20-/m0/s1. The molecule has 11 nitrogen and oxygen atoms in total. The van der Waals surface area contributed by atoms with Gasteiger partial charge in [-0.1, -0.05) is 27.7 Å². The summed E-state index contributed by atoms with van der Waals surface area (Å²) in [6, 6.07) is -2.28. The van der Waals surface area contributed by atoms with Gasteiger partial charge < -0.3 is 35.8 Å². The maximum atomic E-state index is 12.9. The zero-order chi connectivity index (χ0) is 29.0. The third-order valence-corrected chi connectivity index (χ3v) is 4.79. The van der Waals surface area contributed by atoms with Gasteiger partial charge in [0.05, 0.1) is 12.6 Å². The van der Waals surface area contributed by atoms with Crippen molar-refractivity contribution in [2.75, 3.05) is 13.2 Å². The van der Waals surface area contributed by atoms with Gasteiger partial charge in [-0.15, -0.1) is 0 Å². The van der Waals surface area contributed by atoms with Crippen LogP contribution in [0.25, 0.3) is 0 Å². The van der Waals surface area contributed by atoms with Gasteiger partial charge in [-0.3, -0.25) is 9.59 Å². The van der Waals surface area contributed by atoms with Crippen LogP contribution in [-0.4, -0.2) is 71.6 Å². The van der Waals surface area contributed by atoms with E-state index in [4.69, 9.17) is 9.47 Å². The number of rotatable bonds is 13. The van der Waals surface area contributed by atoms with Crippen LogP contribution in [0.3, 0.4) is 0 Å². The molecule has 4 amide bonds. The van der Waals surface area contributed by atoms with Crippen LogP contribution in [0.15, 0.2) is 0 Å². The van der Waals surface area contributed by atoms with Gasteiger partial charge in [-0.2, -0.15) is 0 Å². The monoisotopic (exact) mass is 530 g/mol. The molecule has 0 fully saturated rings. The number of amides is 4. The van der Waals surface area contributed by atoms with E-state index in [1.807, 2.05) is 27.7 Å². The summed E-state index contributed by atoms with van der Waals surface area (Å²) in [7, 11) is 0. The molecule has 0 heterocycles. The first-order chi connectivity index (χ1) is 16.8. The van der Waals surface area contributed by atoms with Gasteiger partial charge >= 0.3 is 12.2 Å². The molecule has 0 saturated carbocycles. The number of carbonyl (C=O) groups excluding carboxylic acids is 4. The lowest BCUT2D eigenvalue weighted by Crippen LogP contribution is -2.53. The molecular weight excluding hydrogens is 480 g/mol. The molecule has 0 aliphatic rings. The van der Waals surface area contributed by atoms with E-state index in [-0.39, 0.29) is 37.3 Å². The molecule has 216 valence electrons. The number of aliphatic hydroxyl groups excluding tert-OH is 1. The Balaban J connectivity index is 5.02. The van der Waals surface area contributed by atoms with Gasteiger partial charge in [-0.05, 0) is 72.6 Å². The van der Waals surface area contributed by atoms with Crippen LogP contribution in [0.2, 0.25) is 0 Å². The molecule has 3 atom stereocenters. The number of nitrogens with one attached hydrogen (secondary N) is 4. The molecule has 0 rings (SSSR count). The molecule has 0 radical (unpaired) electrons. The lowest BCUT2D eigenvalue weighted by Gasteiger charge is -2.26. The quantitative estimate of drug-likeness (QED) is 0.245. The fourth-order valence-electron chi connectivity index (χ4n) is 3.31. The predicted octanol–water partition coefficient (Wildman–Crippen LogP) is 2.85. The van der Waals surface area contributed by atoms with Crippen molar-refractivity contribution in [3.63, 3.8) is 0 Å². The molecule has 37 heavy (non-hydrogen) atoms. The second-order valence-corrected chi connectivity index (χ2v) is 12.1. The van der Waals surface area contributed by atoms with E-state index in [2.05, 4.69) is 21.3 Å². The number of ether oxygens (including phenoxy) is 2. The lowest BCUT2D eigenvalue weighted by molar-refractivity contribution is -0.124. The van der Waals surface area contributed by atoms with Crippen molar-refractivity contribution >= 4 is 24.0 Å². The highest BCUT2D eigenvalue weighted by Gasteiger charge is 2.28. The van der Waals surface area contributed by atoms with E-state index in [9.17, 15) is 24.3 Å². The van der Waals surface area contributed by atoms with E-state index < -0.39 is 47.4 Å². The van der Waals surface area contributed by atoms with Crippen molar-refractivity contribution in [3.05, 3.63) is 0 Å². The summed E-state index contributed by atoms with van der Waals surface area (Å²) in [6.45, 7) is 17.9. The highest BCUT2D eigenvalue weighted by Crippen LogP contribution is 2.11. The van der Waals surface area contributed by atoms with Crippen LogP contribution in [0.1, 0.15) is 88.5 Å². The van der Waals surface area contributed by atoms with Crippen molar-refractivity contribution in [2.45, 2.75) is 118 Å². The fraction of sp³-hybridized carbons (Fsp3) is 0.846. The third kappa shape index (κ3) is 17.5. The highest BCUT2D eigenvalue weighted by molar-refractivity contribution is 5.86. The molecule has 0 aromatic heterocycles. The van der Waals surface area contributed by atoms with Crippen molar-refractivity contribution in [3.8, 4) is 0 Å². The zero-order valence-electron chi connectivity index (χ0n) is 24.3. The Morgan fingerprint density at radius 2 is 1.11 bits per heavy atom. The summed E-state index contributed by atoms with van der Waals surface area (Å²) in [5, 5.41) is 20.5. The van der Waals surface area contributed by atoms with E-state index in [0.717, 1.165) is 0 Å². The fourth-order valence-corrected chi connectivity index (χ4v) is 3.31. The van der Waals surface area contributed by atoms with Gasteiger partial charge in [0.1, 0.15) is 23.3 Å². The molecule has 5 N–H and O–H groups in total. The molecule has 11 heteroatoms. The van der Waals surface area contributed by atoms with Gasteiger partial charge in [0, 0.05) is 6.54 Å². The molecular formula is C26H50N4O7. The molecule has 0 aliphatic carbocycles. The smallest absolute Gasteiger partial charge is 0.408 e. The van der Waals surface area contributed by atoms with Crippen LogP contribution in [0.4, 0.5) is 9.59 Å². The Kier molecular flexibility index (Phi) is 14.6. The Labute approximate surface area is 222 Å². The first kappa shape index (κ1) is 34.4. The molecule has 0 aromatic carbocycles. The first-order valence-electron chi connectivity index (χ1n) is 13.0. The molecule has 1 unspecified atom stereocenters. The van der Waals surface area contributed by atoms with Crippen LogP contribution in [0, 0.1) is 11.8 Å². The second kappa shape index (κ2) is 15.6. The van der Waals surface area contributed by atoms with Crippen molar-refractivity contribution < 1.29 is 33.8 Å². The number of alkyl carbamates (subject to hydrolysis) is 2. The van der Waals surface area contributed by atoms with Crippen LogP contribution >= 0.6 is 0 Å². The highest BCUT2D eigenvalue weighted by atomic mass is 16.6. The number of aliphatic hydroxyl groups is 1. The van der Waals surface area contributed by atoms with Crippen molar-refractivity contribution in [1.29, 1.82) is 0 Å². The van der Waals surface area contributed by atoms with E-state index in [0.29, 0.717) is 12.8 Å². The summed E-state index contributed by atoms with van der Waals surface area (Å²) in [4.78, 5) is 50.0. The average molecular weight is 531 g/mol. The Morgan fingerprint density at radius 3 is 1.46 bits per heavy atom. The van der Waals surface area contributed by atoms with Gasteiger partial charge in [-0.25, -0.2) is 9.59 Å². The normalized spacial score (nSPS) is 14.4. The minimum atomic E-state index is -0.841. The number of hydrogen-bond donors (Lipinski definition) is 5. The Hall–Kier alpha value is -2.56. The lowest BCUT2D eigenvalue weighted by atomic mass is 10.0. The van der Waals surface area contributed by atoms with Crippen molar-refractivity contribution in [1.82, 2.24) is 21.3 Å². The summed E-state index contributed by atoms with van der Waals surface area (Å²) >= 11 is 0. The van der Waals surface area contributed by atoms with Gasteiger partial charge in [0.2, 0.25) is 11.8 Å². The first-order valence-corrected chi connectivity index (χ1v) is 13.0. The van der Waals surface area contributed by atoms with Crippen LogP contribution in [0.5, 0.6) is 0 Å².